The average molecular weight is 299 g/mol. The summed E-state index contributed by atoms with van der Waals surface area (Å²) >= 11 is 3.51. The van der Waals surface area contributed by atoms with Gasteiger partial charge >= 0.3 is 5.97 Å². The first-order valence-corrected chi connectivity index (χ1v) is 6.82. The first-order chi connectivity index (χ1) is 8.19. The molecule has 1 aromatic rings. The fourth-order valence-corrected chi connectivity index (χ4v) is 3.28. The minimum absolute atomic E-state index is 0.136. The number of imidazole rings is 1. The highest BCUT2D eigenvalue weighted by Gasteiger charge is 2.56. The van der Waals surface area contributed by atoms with Crippen LogP contribution in [-0.2, 0) is 27.9 Å². The van der Waals surface area contributed by atoms with E-state index >= 15 is 0 Å². The number of hydrogen-bond acceptors (Lipinski definition) is 3. The molecule has 0 N–H and O–H groups in total. The van der Waals surface area contributed by atoms with Crippen LogP contribution in [0.2, 0.25) is 0 Å². The van der Waals surface area contributed by atoms with Crippen molar-refractivity contribution in [3.8, 4) is 0 Å². The summed E-state index contributed by atoms with van der Waals surface area (Å²) < 4.78 is 8.05. The normalized spacial score (nSPS) is 20.8. The van der Waals surface area contributed by atoms with Crippen LogP contribution in [-0.4, -0.2) is 22.6 Å². The van der Waals surface area contributed by atoms with Crippen molar-refractivity contribution in [1.29, 1.82) is 0 Å². The van der Waals surface area contributed by atoms with Gasteiger partial charge in [0.15, 0.2) is 0 Å². The third-order valence-electron chi connectivity index (χ3n) is 3.82. The van der Waals surface area contributed by atoms with E-state index in [0.29, 0.717) is 0 Å². The van der Waals surface area contributed by atoms with E-state index in [0.717, 1.165) is 36.2 Å². The number of esters is 1. The van der Waals surface area contributed by atoms with Gasteiger partial charge in [-0.1, -0.05) is 0 Å². The van der Waals surface area contributed by atoms with Crippen LogP contribution >= 0.6 is 15.9 Å². The zero-order valence-electron chi connectivity index (χ0n) is 9.83. The topological polar surface area (TPSA) is 44.1 Å². The molecule has 1 aliphatic heterocycles. The van der Waals surface area contributed by atoms with Crippen molar-refractivity contribution in [1.82, 2.24) is 9.55 Å². The maximum Gasteiger partial charge on any atom is 0.319 e. The molecular weight excluding hydrogens is 284 g/mol. The summed E-state index contributed by atoms with van der Waals surface area (Å²) in [4.78, 5) is 16.5. The van der Waals surface area contributed by atoms with Crippen molar-refractivity contribution in [2.24, 2.45) is 0 Å². The summed E-state index contributed by atoms with van der Waals surface area (Å²) in [5, 5.41) is 0. The van der Waals surface area contributed by atoms with Crippen LogP contribution in [0, 0.1) is 0 Å². The molecule has 2 aliphatic rings. The Balaban J connectivity index is 2.07. The quantitative estimate of drug-likeness (QED) is 0.786. The second-order valence-electron chi connectivity index (χ2n) is 4.86. The molecule has 92 valence electrons. The van der Waals surface area contributed by atoms with Gasteiger partial charge in [-0.05, 0) is 48.0 Å². The summed E-state index contributed by atoms with van der Waals surface area (Å²) in [6.07, 6.45) is 5.14. The number of ether oxygens (including phenoxy) is 1. The average Bonchev–Trinajstić information content (AvgIpc) is 3.10. The van der Waals surface area contributed by atoms with Gasteiger partial charge in [0.1, 0.15) is 15.8 Å². The van der Waals surface area contributed by atoms with E-state index in [-0.39, 0.29) is 5.97 Å². The number of hydrogen-bond donors (Lipinski definition) is 0. The molecule has 1 aliphatic carbocycles. The van der Waals surface area contributed by atoms with E-state index in [1.165, 1.54) is 25.6 Å². The number of aromatic nitrogens is 2. The standard InChI is InChI=1S/C12H15BrN2O2/c1-17-11(16)12(5-6-12)10-14-9(13)8-4-2-3-7-15(8)10/h2-7H2,1H3. The van der Waals surface area contributed by atoms with Crippen LogP contribution in [0.4, 0.5) is 0 Å². The largest absolute Gasteiger partial charge is 0.468 e. The molecule has 4 nitrogen and oxygen atoms in total. The molecule has 0 spiro atoms. The molecule has 17 heavy (non-hydrogen) atoms. The number of fused-ring (bicyclic) bond motifs is 1. The van der Waals surface area contributed by atoms with Crippen molar-refractivity contribution in [2.45, 2.75) is 44.1 Å². The molecule has 0 amide bonds. The monoisotopic (exact) mass is 298 g/mol. The molecule has 1 aromatic heterocycles. The Morgan fingerprint density at radius 3 is 2.88 bits per heavy atom. The summed E-state index contributed by atoms with van der Waals surface area (Å²) in [7, 11) is 1.46. The molecule has 0 radical (unpaired) electrons. The van der Waals surface area contributed by atoms with E-state index in [2.05, 4.69) is 25.5 Å². The number of methoxy groups -OCH3 is 1. The fraction of sp³-hybridized carbons (Fsp3) is 0.667. The lowest BCUT2D eigenvalue weighted by atomic mass is 10.1. The van der Waals surface area contributed by atoms with Crippen molar-refractivity contribution in [2.75, 3.05) is 7.11 Å². The minimum Gasteiger partial charge on any atom is -0.468 e. The molecule has 5 heteroatoms. The maximum atomic E-state index is 11.9. The van der Waals surface area contributed by atoms with E-state index in [4.69, 9.17) is 4.74 Å². The van der Waals surface area contributed by atoms with Crippen LogP contribution in [0.5, 0.6) is 0 Å². The number of nitrogens with zero attached hydrogens (tertiary/aromatic N) is 2. The molecule has 2 heterocycles. The number of halogens is 1. The molecule has 1 saturated carbocycles. The lowest BCUT2D eigenvalue weighted by Crippen LogP contribution is -2.27. The SMILES string of the molecule is COC(=O)C1(c2nc(Br)c3n2CCCC3)CC1. The Hall–Kier alpha value is -0.840. The van der Waals surface area contributed by atoms with Gasteiger partial charge in [0.25, 0.3) is 0 Å². The summed E-state index contributed by atoms with van der Waals surface area (Å²) in [5.41, 5.74) is 0.786. The van der Waals surface area contributed by atoms with E-state index in [1.807, 2.05) is 0 Å². The van der Waals surface area contributed by atoms with Crippen LogP contribution in [0.3, 0.4) is 0 Å². The Bertz CT molecular complexity index is 477. The Morgan fingerprint density at radius 2 is 2.24 bits per heavy atom. The van der Waals surface area contributed by atoms with Gasteiger partial charge in [-0.15, -0.1) is 0 Å². The summed E-state index contributed by atoms with van der Waals surface area (Å²) in [6.45, 7) is 0.974. The summed E-state index contributed by atoms with van der Waals surface area (Å²) in [6, 6.07) is 0. The number of rotatable bonds is 2. The highest BCUT2D eigenvalue weighted by Crippen LogP contribution is 2.49. The zero-order valence-corrected chi connectivity index (χ0v) is 11.4. The molecular formula is C12H15BrN2O2. The van der Waals surface area contributed by atoms with Crippen molar-refractivity contribution in [3.05, 3.63) is 16.1 Å². The molecule has 3 rings (SSSR count). The molecule has 1 fully saturated rings. The lowest BCUT2D eigenvalue weighted by Gasteiger charge is -2.20. The molecule has 0 aromatic carbocycles. The van der Waals surface area contributed by atoms with E-state index in [1.54, 1.807) is 0 Å². The van der Waals surface area contributed by atoms with Gasteiger partial charge < -0.3 is 9.30 Å². The first kappa shape index (κ1) is 11.3. The van der Waals surface area contributed by atoms with Gasteiger partial charge in [0, 0.05) is 6.54 Å². The Kier molecular flexibility index (Phi) is 2.54. The third kappa shape index (κ3) is 1.55. The van der Waals surface area contributed by atoms with Crippen molar-refractivity contribution in [3.63, 3.8) is 0 Å². The van der Waals surface area contributed by atoms with Crippen molar-refractivity contribution >= 4 is 21.9 Å². The third-order valence-corrected chi connectivity index (χ3v) is 4.46. The van der Waals surface area contributed by atoms with Crippen LogP contribution in [0.15, 0.2) is 4.60 Å². The van der Waals surface area contributed by atoms with Gasteiger partial charge in [-0.2, -0.15) is 0 Å². The Morgan fingerprint density at radius 1 is 1.47 bits per heavy atom. The van der Waals surface area contributed by atoms with Crippen molar-refractivity contribution < 1.29 is 9.53 Å². The number of carbonyl (C=O) groups is 1. The second-order valence-corrected chi connectivity index (χ2v) is 5.61. The predicted molar refractivity (Wildman–Crippen MR) is 65.8 cm³/mol. The lowest BCUT2D eigenvalue weighted by molar-refractivity contribution is -0.144. The molecule has 0 bridgehead atoms. The van der Waals surface area contributed by atoms with Gasteiger partial charge in [0.2, 0.25) is 0 Å². The highest BCUT2D eigenvalue weighted by atomic mass is 79.9. The number of carbonyl (C=O) groups excluding carboxylic acids is 1. The molecule has 0 saturated heterocycles. The fourth-order valence-electron chi connectivity index (χ4n) is 2.70. The van der Waals surface area contributed by atoms with Gasteiger partial charge in [-0.25, -0.2) is 4.98 Å². The van der Waals surface area contributed by atoms with E-state index < -0.39 is 5.41 Å². The molecule has 0 atom stereocenters. The van der Waals surface area contributed by atoms with Crippen LogP contribution in [0.1, 0.15) is 37.2 Å². The second kappa shape index (κ2) is 3.83. The van der Waals surface area contributed by atoms with Crippen LogP contribution < -0.4 is 0 Å². The highest BCUT2D eigenvalue weighted by molar-refractivity contribution is 9.10. The predicted octanol–water partition coefficient (Wildman–Crippen LogP) is 2.19. The Labute approximate surface area is 108 Å². The smallest absolute Gasteiger partial charge is 0.319 e. The first-order valence-electron chi connectivity index (χ1n) is 6.03. The zero-order chi connectivity index (χ0) is 12.0. The minimum atomic E-state index is -0.452. The maximum absolute atomic E-state index is 11.9. The van der Waals surface area contributed by atoms with Gasteiger partial charge in [-0.3, -0.25) is 4.79 Å². The van der Waals surface area contributed by atoms with Gasteiger partial charge in [0.05, 0.1) is 12.8 Å². The summed E-state index contributed by atoms with van der Waals surface area (Å²) in [5.74, 6) is 0.772. The van der Waals surface area contributed by atoms with E-state index in [9.17, 15) is 4.79 Å². The molecule has 0 unspecified atom stereocenters. The van der Waals surface area contributed by atoms with Crippen LogP contribution in [0.25, 0.3) is 0 Å².